The summed E-state index contributed by atoms with van der Waals surface area (Å²) >= 11 is 0. The summed E-state index contributed by atoms with van der Waals surface area (Å²) in [5.74, 6) is 0. The van der Waals surface area contributed by atoms with Gasteiger partial charge in [0.2, 0.25) is 0 Å². The Kier molecular flexibility index (Phi) is 3.88. The van der Waals surface area contributed by atoms with Gasteiger partial charge in [0.25, 0.3) is 0 Å². The fourth-order valence-electron chi connectivity index (χ4n) is 4.12. The quantitative estimate of drug-likeness (QED) is 0.373. The molecular weight excluding hydrogens is 368 g/mol. The minimum absolute atomic E-state index is 0.936. The predicted molar refractivity (Wildman–Crippen MR) is 123 cm³/mol. The molecule has 0 saturated heterocycles. The molecule has 1 aromatic carbocycles. The molecule has 8 bridgehead atoms. The van der Waals surface area contributed by atoms with E-state index in [1.807, 2.05) is 12.1 Å². The predicted octanol–water partition coefficient (Wildman–Crippen LogP) is 5.94. The number of H-pyrrole nitrogens is 2. The molecule has 0 unspecified atom stereocenters. The van der Waals surface area contributed by atoms with Crippen molar-refractivity contribution in [1.82, 2.24) is 19.9 Å². The first kappa shape index (κ1) is 17.0. The number of nitrogens with one attached hydrogen (secondary N) is 2. The highest BCUT2D eigenvalue weighted by Gasteiger charge is 2.08. The fraction of sp³-hybridized carbons (Fsp3) is 0.0769. The molecule has 4 aromatic rings. The zero-order valence-electron chi connectivity index (χ0n) is 16.4. The van der Waals surface area contributed by atoms with Crippen LogP contribution in [0.25, 0.3) is 45.3 Å². The summed E-state index contributed by atoms with van der Waals surface area (Å²) in [5.41, 5.74) is 10.7. The molecule has 0 amide bonds. The van der Waals surface area contributed by atoms with Crippen molar-refractivity contribution in [3.8, 4) is 11.1 Å². The van der Waals surface area contributed by atoms with Crippen LogP contribution in [0.3, 0.4) is 0 Å². The number of hydrogen-bond acceptors (Lipinski definition) is 2. The number of rotatable bonds is 1. The lowest BCUT2D eigenvalue weighted by Gasteiger charge is -1.97. The van der Waals surface area contributed by atoms with E-state index in [2.05, 4.69) is 82.8 Å². The largest absolute Gasteiger partial charge is 0.355 e. The normalized spacial score (nSPS) is 12.9. The van der Waals surface area contributed by atoms with Crippen LogP contribution < -0.4 is 0 Å². The second-order valence-corrected chi connectivity index (χ2v) is 7.75. The second-order valence-electron chi connectivity index (χ2n) is 7.75. The zero-order chi connectivity index (χ0) is 19.9. The third kappa shape index (κ3) is 3.22. The highest BCUT2D eigenvalue weighted by molar-refractivity contribution is 5.87. The molecule has 4 nitrogen and oxygen atoms in total. The van der Waals surface area contributed by atoms with Gasteiger partial charge in [-0.05, 0) is 73.0 Å². The van der Waals surface area contributed by atoms with Crippen LogP contribution in [0.2, 0.25) is 0 Å². The Balaban J connectivity index is 1.67. The minimum Gasteiger partial charge on any atom is -0.355 e. The standard InChI is InChI=1S/C26H20N4/c1-2-4-17(5-3-1)25-15-24-14-22-9-8-20(28-22)12-18-6-7-19(27-18)13-21-10-11-23(29-21)16-26(25)30-24/h1-7,10-16,27,30H,8-9H2. The average Bonchev–Trinajstić information content (AvgIpc) is 3.53. The van der Waals surface area contributed by atoms with Crippen LogP contribution in [0, 0.1) is 0 Å². The monoisotopic (exact) mass is 388 g/mol. The molecule has 0 radical (unpaired) electrons. The van der Waals surface area contributed by atoms with Gasteiger partial charge in [-0.1, -0.05) is 30.3 Å². The molecule has 4 heteroatoms. The van der Waals surface area contributed by atoms with Gasteiger partial charge in [-0.2, -0.15) is 0 Å². The van der Waals surface area contributed by atoms with Crippen LogP contribution in [0.5, 0.6) is 0 Å². The Bertz CT molecular complexity index is 1440. The van der Waals surface area contributed by atoms with E-state index in [1.165, 1.54) is 11.1 Å². The van der Waals surface area contributed by atoms with Crippen LogP contribution in [0.15, 0.2) is 72.8 Å². The Labute approximate surface area is 174 Å². The van der Waals surface area contributed by atoms with E-state index in [-0.39, 0.29) is 0 Å². The second kappa shape index (κ2) is 6.85. The highest BCUT2D eigenvalue weighted by Crippen LogP contribution is 2.27. The lowest BCUT2D eigenvalue weighted by Crippen LogP contribution is -1.77. The average molecular weight is 388 g/mol. The number of benzene rings is 1. The van der Waals surface area contributed by atoms with Crippen molar-refractivity contribution in [1.29, 1.82) is 0 Å². The van der Waals surface area contributed by atoms with Gasteiger partial charge in [-0.25, -0.2) is 4.98 Å². The van der Waals surface area contributed by atoms with Crippen molar-refractivity contribution in [3.05, 3.63) is 95.6 Å². The van der Waals surface area contributed by atoms with Gasteiger partial charge >= 0.3 is 0 Å². The van der Waals surface area contributed by atoms with Crippen LogP contribution >= 0.6 is 0 Å². The number of hydrogen-bond donors (Lipinski definition) is 2. The SMILES string of the molecule is C1=Cc2cc3[nH]c(cc4nc(cc5ccc(cc1n2)[nH]5)CC4)cc3-c1ccccc1. The summed E-state index contributed by atoms with van der Waals surface area (Å²) in [6.45, 7) is 0. The van der Waals surface area contributed by atoms with Gasteiger partial charge in [-0.15, -0.1) is 0 Å². The Morgan fingerprint density at radius 3 is 2.10 bits per heavy atom. The number of aromatic amines is 2. The summed E-state index contributed by atoms with van der Waals surface area (Å²) in [7, 11) is 0. The molecular formula is C26H20N4. The molecule has 2 aliphatic heterocycles. The van der Waals surface area contributed by atoms with E-state index in [0.717, 1.165) is 57.7 Å². The third-order valence-corrected chi connectivity index (χ3v) is 5.53. The molecule has 30 heavy (non-hydrogen) atoms. The zero-order valence-corrected chi connectivity index (χ0v) is 16.4. The fourth-order valence-corrected chi connectivity index (χ4v) is 4.12. The van der Waals surface area contributed by atoms with E-state index in [4.69, 9.17) is 9.97 Å². The molecule has 3 aromatic heterocycles. The number of fused-ring (bicyclic) bond motifs is 8. The maximum atomic E-state index is 4.85. The van der Waals surface area contributed by atoms with Gasteiger partial charge in [-0.3, -0.25) is 4.98 Å². The molecule has 0 saturated carbocycles. The van der Waals surface area contributed by atoms with Gasteiger partial charge in [0, 0.05) is 39.0 Å². The number of aromatic nitrogens is 4. The highest BCUT2D eigenvalue weighted by atomic mass is 14.8. The van der Waals surface area contributed by atoms with E-state index in [1.54, 1.807) is 0 Å². The summed E-state index contributed by atoms with van der Waals surface area (Å²) in [4.78, 5) is 16.6. The Hall–Kier alpha value is -3.92. The maximum absolute atomic E-state index is 4.85. The van der Waals surface area contributed by atoms with Crippen LogP contribution in [-0.4, -0.2) is 19.9 Å². The van der Waals surface area contributed by atoms with Crippen LogP contribution in [0.4, 0.5) is 0 Å². The van der Waals surface area contributed by atoms with Crippen molar-refractivity contribution in [2.45, 2.75) is 12.8 Å². The van der Waals surface area contributed by atoms with E-state index in [0.29, 0.717) is 0 Å². The van der Waals surface area contributed by atoms with Gasteiger partial charge in [0.05, 0.1) is 11.4 Å². The Morgan fingerprint density at radius 1 is 0.600 bits per heavy atom. The van der Waals surface area contributed by atoms with Gasteiger partial charge in [0.1, 0.15) is 0 Å². The van der Waals surface area contributed by atoms with Gasteiger partial charge in [0.15, 0.2) is 0 Å². The van der Waals surface area contributed by atoms with Crippen molar-refractivity contribution in [2.75, 3.05) is 0 Å². The lowest BCUT2D eigenvalue weighted by atomic mass is 10.1. The van der Waals surface area contributed by atoms with Crippen LogP contribution in [0.1, 0.15) is 22.8 Å². The lowest BCUT2D eigenvalue weighted by molar-refractivity contribution is 1.03. The summed E-state index contributed by atoms with van der Waals surface area (Å²) in [5, 5.41) is 0. The van der Waals surface area contributed by atoms with Crippen molar-refractivity contribution in [2.24, 2.45) is 0 Å². The van der Waals surface area contributed by atoms with Gasteiger partial charge < -0.3 is 9.97 Å². The van der Waals surface area contributed by atoms with Crippen molar-refractivity contribution >= 4 is 34.2 Å². The van der Waals surface area contributed by atoms with E-state index >= 15 is 0 Å². The summed E-state index contributed by atoms with van der Waals surface area (Å²) < 4.78 is 0. The number of nitrogens with zero attached hydrogens (tertiary/aromatic N) is 2. The van der Waals surface area contributed by atoms with Crippen LogP contribution in [-0.2, 0) is 12.8 Å². The topological polar surface area (TPSA) is 57.4 Å². The number of aryl methyl sites for hydroxylation is 2. The molecule has 0 fully saturated rings. The molecule has 6 rings (SSSR count). The smallest absolute Gasteiger partial charge is 0.0658 e. The maximum Gasteiger partial charge on any atom is 0.0658 e. The van der Waals surface area contributed by atoms with E-state index in [9.17, 15) is 0 Å². The third-order valence-electron chi connectivity index (χ3n) is 5.53. The first-order valence-corrected chi connectivity index (χ1v) is 10.2. The molecule has 2 N–H and O–H groups in total. The molecule has 0 aliphatic carbocycles. The van der Waals surface area contributed by atoms with Crippen molar-refractivity contribution < 1.29 is 0 Å². The van der Waals surface area contributed by atoms with E-state index < -0.39 is 0 Å². The summed E-state index contributed by atoms with van der Waals surface area (Å²) in [6, 6.07) is 25.3. The first-order chi connectivity index (χ1) is 14.8. The molecule has 5 heterocycles. The summed E-state index contributed by atoms with van der Waals surface area (Å²) in [6.07, 6.45) is 6.02. The molecule has 144 valence electrons. The molecule has 0 spiro atoms. The minimum atomic E-state index is 0.936. The molecule has 0 atom stereocenters. The van der Waals surface area contributed by atoms with Crippen molar-refractivity contribution in [3.63, 3.8) is 0 Å². The Morgan fingerprint density at radius 2 is 1.30 bits per heavy atom. The molecule has 2 aliphatic rings. The first-order valence-electron chi connectivity index (χ1n) is 10.2.